The molecule has 6 nitrogen and oxygen atoms in total. The average molecular weight is 491 g/mol. The van der Waals surface area contributed by atoms with Gasteiger partial charge in [0.2, 0.25) is 0 Å². The van der Waals surface area contributed by atoms with Crippen LogP contribution in [0, 0.1) is 0 Å². The lowest BCUT2D eigenvalue weighted by Gasteiger charge is -2.08. The summed E-state index contributed by atoms with van der Waals surface area (Å²) < 4.78 is 0. The summed E-state index contributed by atoms with van der Waals surface area (Å²) in [5.41, 5.74) is 2.37. The fourth-order valence-electron chi connectivity index (χ4n) is 3.91. The molecule has 2 atom stereocenters. The zero-order valence-corrected chi connectivity index (χ0v) is 20.7. The Labute approximate surface area is 212 Å². The van der Waals surface area contributed by atoms with E-state index in [2.05, 4.69) is 0 Å². The van der Waals surface area contributed by atoms with Crippen molar-refractivity contribution in [3.63, 3.8) is 0 Å². The first-order valence-electron chi connectivity index (χ1n) is 12.0. The monoisotopic (exact) mass is 490 g/mol. The number of hydrogen-bond donors (Lipinski definition) is 3. The van der Waals surface area contributed by atoms with Gasteiger partial charge >= 0.3 is 17.9 Å². The lowest BCUT2D eigenvalue weighted by Crippen LogP contribution is -2.19. The highest BCUT2D eigenvalue weighted by Gasteiger charge is 2.51. The molecular weight excluding hydrogens is 456 g/mol. The molecule has 1 aliphatic rings. The van der Waals surface area contributed by atoms with Gasteiger partial charge in [-0.1, -0.05) is 105 Å². The number of carboxylic acid groups (broad SMARTS) is 3. The molecule has 1 aliphatic carbocycles. The first kappa shape index (κ1) is 28.3. The van der Waals surface area contributed by atoms with Crippen molar-refractivity contribution >= 4 is 17.9 Å². The third-order valence-electron chi connectivity index (χ3n) is 6.24. The molecule has 1 saturated carbocycles. The lowest BCUT2D eigenvalue weighted by atomic mass is 9.97. The summed E-state index contributed by atoms with van der Waals surface area (Å²) in [7, 11) is 0. The number of rotatable bonds is 8. The predicted octanol–water partition coefficient (Wildman–Crippen LogP) is 6.33. The van der Waals surface area contributed by atoms with Gasteiger partial charge in [-0.15, -0.1) is 0 Å². The molecule has 0 radical (unpaired) electrons. The molecule has 4 rings (SSSR count). The van der Waals surface area contributed by atoms with Gasteiger partial charge in [-0.3, -0.25) is 14.4 Å². The third-order valence-corrected chi connectivity index (χ3v) is 6.24. The van der Waals surface area contributed by atoms with Gasteiger partial charge in [0.25, 0.3) is 0 Å². The summed E-state index contributed by atoms with van der Waals surface area (Å²) in [4.78, 5) is 32.0. The van der Waals surface area contributed by atoms with Gasteiger partial charge < -0.3 is 15.3 Å². The van der Waals surface area contributed by atoms with Gasteiger partial charge in [0.05, 0.1) is 17.8 Å². The van der Waals surface area contributed by atoms with E-state index >= 15 is 0 Å². The summed E-state index contributed by atoms with van der Waals surface area (Å²) in [5.74, 6) is -2.43. The van der Waals surface area contributed by atoms with Crippen LogP contribution in [0.1, 0.15) is 68.1 Å². The van der Waals surface area contributed by atoms with Gasteiger partial charge in [-0.05, 0) is 41.9 Å². The molecule has 0 spiro atoms. The molecule has 0 amide bonds. The second-order valence-electron chi connectivity index (χ2n) is 8.87. The zero-order chi connectivity index (χ0) is 26.6. The molecule has 0 saturated heterocycles. The van der Waals surface area contributed by atoms with Crippen molar-refractivity contribution in [2.45, 2.75) is 56.8 Å². The van der Waals surface area contributed by atoms with Crippen molar-refractivity contribution in [3.8, 4) is 0 Å². The molecule has 3 aromatic carbocycles. The zero-order valence-electron chi connectivity index (χ0n) is 20.7. The molecule has 3 aromatic rings. The Kier molecular flexibility index (Phi) is 10.9. The molecule has 0 bridgehead atoms. The smallest absolute Gasteiger partial charge is 0.314 e. The number of carboxylic acids is 3. The van der Waals surface area contributed by atoms with Crippen molar-refractivity contribution in [2.75, 3.05) is 0 Å². The minimum Gasteiger partial charge on any atom is -0.481 e. The molecule has 1 fully saturated rings. The Morgan fingerprint density at radius 2 is 1.19 bits per heavy atom. The minimum atomic E-state index is -0.747. The standard InChI is InChI=1S/C10H10O2.2C10H12O2/c11-9(12)10(6-7-10)8-4-2-1-3-5-8;1-8(7-10(11)12)9-5-3-2-4-6-9;1-2-9(10(11)12)8-6-4-3-5-7-8/h1-5H,6-7H2,(H,11,12);2-6,8H,7H2,1H3,(H,11,12);3-7,9H,2H2,1H3,(H,11,12). The lowest BCUT2D eigenvalue weighted by molar-refractivity contribution is -0.140. The van der Waals surface area contributed by atoms with Crippen LogP contribution in [0.25, 0.3) is 0 Å². The Morgan fingerprint density at radius 1 is 0.750 bits per heavy atom. The van der Waals surface area contributed by atoms with Crippen molar-refractivity contribution in [2.24, 2.45) is 0 Å². The first-order valence-corrected chi connectivity index (χ1v) is 12.0. The maximum absolute atomic E-state index is 10.9. The van der Waals surface area contributed by atoms with Crippen molar-refractivity contribution in [1.82, 2.24) is 0 Å². The van der Waals surface area contributed by atoms with Crippen LogP contribution in [-0.4, -0.2) is 33.2 Å². The van der Waals surface area contributed by atoms with Gasteiger partial charge in [-0.2, -0.15) is 0 Å². The summed E-state index contributed by atoms with van der Waals surface area (Å²) in [5, 5.41) is 26.3. The molecule has 190 valence electrons. The Hall–Kier alpha value is -3.93. The van der Waals surface area contributed by atoms with E-state index < -0.39 is 23.3 Å². The van der Waals surface area contributed by atoms with E-state index in [0.717, 1.165) is 29.5 Å². The number of carbonyl (C=O) groups is 3. The first-order chi connectivity index (χ1) is 17.2. The van der Waals surface area contributed by atoms with Gasteiger partial charge in [0.15, 0.2) is 0 Å². The van der Waals surface area contributed by atoms with Crippen LogP contribution in [0.2, 0.25) is 0 Å². The molecule has 0 aliphatic heterocycles. The van der Waals surface area contributed by atoms with E-state index in [1.165, 1.54) is 0 Å². The number of aliphatic carboxylic acids is 3. The number of hydrogen-bond acceptors (Lipinski definition) is 3. The highest BCUT2D eigenvalue weighted by Crippen LogP contribution is 2.48. The Bertz CT molecular complexity index is 1090. The Morgan fingerprint density at radius 3 is 1.56 bits per heavy atom. The Balaban J connectivity index is 0.000000190. The van der Waals surface area contributed by atoms with E-state index in [4.69, 9.17) is 15.3 Å². The van der Waals surface area contributed by atoms with Crippen molar-refractivity contribution in [3.05, 3.63) is 108 Å². The molecule has 6 heteroatoms. The van der Waals surface area contributed by atoms with Gasteiger partial charge in [0.1, 0.15) is 0 Å². The summed E-state index contributed by atoms with van der Waals surface area (Å²) in [6.07, 6.45) is 2.40. The topological polar surface area (TPSA) is 112 Å². The molecule has 0 aromatic heterocycles. The highest BCUT2D eigenvalue weighted by molar-refractivity contribution is 5.84. The fraction of sp³-hybridized carbons (Fsp3) is 0.300. The quantitative estimate of drug-likeness (QED) is 0.340. The third kappa shape index (κ3) is 8.38. The van der Waals surface area contributed by atoms with E-state index in [1.54, 1.807) is 0 Å². The SMILES string of the molecule is CC(CC(=O)O)c1ccccc1.CCC(C(=O)O)c1ccccc1.O=C(O)C1(c2ccccc2)CC1. The van der Waals surface area contributed by atoms with Crippen molar-refractivity contribution < 1.29 is 29.7 Å². The molecule has 2 unspecified atom stereocenters. The van der Waals surface area contributed by atoms with Crippen molar-refractivity contribution in [1.29, 1.82) is 0 Å². The van der Waals surface area contributed by atoms with E-state index in [-0.39, 0.29) is 18.3 Å². The van der Waals surface area contributed by atoms with Gasteiger partial charge in [0, 0.05) is 0 Å². The van der Waals surface area contributed by atoms with E-state index in [9.17, 15) is 14.4 Å². The summed E-state index contributed by atoms with van der Waals surface area (Å²) in [6.45, 7) is 3.80. The van der Waals surface area contributed by atoms with Crippen LogP contribution in [0.4, 0.5) is 0 Å². The molecule has 3 N–H and O–H groups in total. The van der Waals surface area contributed by atoms with E-state index in [1.807, 2.05) is 105 Å². The molecule has 0 heterocycles. The second-order valence-corrected chi connectivity index (χ2v) is 8.87. The molecular formula is C30H34O6. The maximum atomic E-state index is 10.9. The van der Waals surface area contributed by atoms with Crippen LogP contribution in [0.3, 0.4) is 0 Å². The number of benzene rings is 3. The largest absolute Gasteiger partial charge is 0.481 e. The average Bonchev–Trinajstić information content (AvgIpc) is 3.69. The summed E-state index contributed by atoms with van der Waals surface area (Å²) in [6, 6.07) is 28.4. The van der Waals surface area contributed by atoms with Crippen LogP contribution < -0.4 is 0 Å². The van der Waals surface area contributed by atoms with Crippen LogP contribution in [0.5, 0.6) is 0 Å². The van der Waals surface area contributed by atoms with E-state index in [0.29, 0.717) is 6.42 Å². The van der Waals surface area contributed by atoms with Crippen LogP contribution >= 0.6 is 0 Å². The molecule has 36 heavy (non-hydrogen) atoms. The van der Waals surface area contributed by atoms with Crippen LogP contribution in [0.15, 0.2) is 91.0 Å². The highest BCUT2D eigenvalue weighted by atomic mass is 16.4. The summed E-state index contributed by atoms with van der Waals surface area (Å²) >= 11 is 0. The maximum Gasteiger partial charge on any atom is 0.314 e. The van der Waals surface area contributed by atoms with Gasteiger partial charge in [-0.25, -0.2) is 0 Å². The second kappa shape index (κ2) is 13.8. The van der Waals surface area contributed by atoms with Crippen LogP contribution in [-0.2, 0) is 19.8 Å². The fourth-order valence-corrected chi connectivity index (χ4v) is 3.91. The predicted molar refractivity (Wildman–Crippen MR) is 139 cm³/mol. The normalized spacial score (nSPS) is 14.5. The minimum absolute atomic E-state index is 0.101.